The number of imidazole rings is 1. The molecule has 0 atom stereocenters. The summed E-state index contributed by atoms with van der Waals surface area (Å²) in [6.07, 6.45) is 3.38. The van der Waals surface area contributed by atoms with Gasteiger partial charge in [-0.15, -0.1) is 0 Å². The summed E-state index contributed by atoms with van der Waals surface area (Å²) in [4.78, 5) is 19.8. The number of nitrogens with zero attached hydrogens (tertiary/aromatic N) is 3. The first kappa shape index (κ1) is 13.1. The Kier molecular flexibility index (Phi) is 3.27. The predicted molar refractivity (Wildman–Crippen MR) is 76.4 cm³/mol. The van der Waals surface area contributed by atoms with Crippen molar-refractivity contribution >= 4 is 17.0 Å². The molecular weight excluding hydrogens is 270 g/mol. The van der Waals surface area contributed by atoms with Crippen molar-refractivity contribution in [2.24, 2.45) is 7.05 Å². The number of rotatable bonds is 3. The van der Waals surface area contributed by atoms with E-state index in [2.05, 4.69) is 14.7 Å². The molecule has 0 saturated carbocycles. The van der Waals surface area contributed by atoms with Crippen LogP contribution in [0.1, 0.15) is 10.4 Å². The highest BCUT2D eigenvalue weighted by molar-refractivity contribution is 5.89. The fourth-order valence-corrected chi connectivity index (χ4v) is 2.00. The Morgan fingerprint density at radius 1 is 1.14 bits per heavy atom. The third-order valence-electron chi connectivity index (χ3n) is 3.10. The average Bonchev–Trinajstić information content (AvgIpc) is 2.90. The molecule has 0 aliphatic carbocycles. The molecule has 1 aromatic carbocycles. The molecule has 21 heavy (non-hydrogen) atoms. The van der Waals surface area contributed by atoms with E-state index in [1.54, 1.807) is 36.8 Å². The summed E-state index contributed by atoms with van der Waals surface area (Å²) in [5, 5.41) is 0. The number of benzene rings is 1. The zero-order chi connectivity index (χ0) is 14.8. The van der Waals surface area contributed by atoms with Crippen molar-refractivity contribution in [2.75, 3.05) is 7.11 Å². The van der Waals surface area contributed by atoms with Crippen LogP contribution in [0.15, 0.2) is 42.9 Å². The first-order chi connectivity index (χ1) is 10.2. The summed E-state index contributed by atoms with van der Waals surface area (Å²) in [7, 11) is 3.25. The van der Waals surface area contributed by atoms with E-state index in [9.17, 15) is 4.79 Å². The molecule has 6 heteroatoms. The van der Waals surface area contributed by atoms with Crippen LogP contribution in [0.4, 0.5) is 0 Å². The molecule has 0 bridgehead atoms. The van der Waals surface area contributed by atoms with E-state index in [1.165, 1.54) is 7.11 Å². The fourth-order valence-electron chi connectivity index (χ4n) is 2.00. The second-order valence-electron chi connectivity index (χ2n) is 4.46. The molecule has 106 valence electrons. The van der Waals surface area contributed by atoms with Gasteiger partial charge in [0, 0.05) is 13.2 Å². The van der Waals surface area contributed by atoms with Crippen LogP contribution >= 0.6 is 0 Å². The minimum Gasteiger partial charge on any atom is -0.465 e. The van der Waals surface area contributed by atoms with E-state index in [-0.39, 0.29) is 5.97 Å². The Labute approximate surface area is 121 Å². The zero-order valence-electron chi connectivity index (χ0n) is 11.6. The van der Waals surface area contributed by atoms with E-state index in [1.807, 2.05) is 17.7 Å². The zero-order valence-corrected chi connectivity index (χ0v) is 11.6. The smallest absolute Gasteiger partial charge is 0.337 e. The molecule has 0 fully saturated rings. The number of carbonyl (C=O) groups is 1. The standard InChI is InChI=1S/C15H13N3O3/c1-18-9-17-13-12(18)7-8-16-14(13)21-11-5-3-10(4-6-11)15(19)20-2/h3-9H,1-2H3. The maximum absolute atomic E-state index is 11.4. The molecule has 2 aromatic heterocycles. The van der Waals surface area contributed by atoms with Crippen molar-refractivity contribution in [3.63, 3.8) is 0 Å². The van der Waals surface area contributed by atoms with Gasteiger partial charge in [0.15, 0.2) is 5.52 Å². The van der Waals surface area contributed by atoms with E-state index in [4.69, 9.17) is 4.74 Å². The number of pyridine rings is 1. The van der Waals surface area contributed by atoms with Crippen LogP contribution < -0.4 is 4.74 Å². The van der Waals surface area contributed by atoms with Crippen LogP contribution in [0.5, 0.6) is 11.6 Å². The summed E-state index contributed by atoms with van der Waals surface area (Å²) in [6.45, 7) is 0. The summed E-state index contributed by atoms with van der Waals surface area (Å²) in [5.74, 6) is 0.624. The number of ether oxygens (including phenoxy) is 2. The maximum Gasteiger partial charge on any atom is 0.337 e. The second kappa shape index (κ2) is 5.24. The molecule has 0 radical (unpaired) electrons. The summed E-state index contributed by atoms with van der Waals surface area (Å²) >= 11 is 0. The van der Waals surface area contributed by atoms with Crippen molar-refractivity contribution in [1.82, 2.24) is 14.5 Å². The lowest BCUT2D eigenvalue weighted by molar-refractivity contribution is 0.0600. The van der Waals surface area contributed by atoms with Gasteiger partial charge in [-0.1, -0.05) is 0 Å². The van der Waals surface area contributed by atoms with E-state index < -0.39 is 0 Å². The Hall–Kier alpha value is -2.89. The highest BCUT2D eigenvalue weighted by Crippen LogP contribution is 2.26. The third kappa shape index (κ3) is 2.43. The van der Waals surface area contributed by atoms with Crippen LogP contribution in [-0.4, -0.2) is 27.6 Å². The minimum atomic E-state index is -0.383. The monoisotopic (exact) mass is 283 g/mol. The number of carbonyl (C=O) groups excluding carboxylic acids is 1. The molecule has 3 rings (SSSR count). The molecule has 0 saturated heterocycles. The molecule has 0 unspecified atom stereocenters. The van der Waals surface area contributed by atoms with Gasteiger partial charge in [-0.05, 0) is 30.3 Å². The van der Waals surface area contributed by atoms with Gasteiger partial charge < -0.3 is 14.0 Å². The van der Waals surface area contributed by atoms with Gasteiger partial charge >= 0.3 is 5.97 Å². The van der Waals surface area contributed by atoms with Crippen molar-refractivity contribution in [2.45, 2.75) is 0 Å². The number of esters is 1. The normalized spacial score (nSPS) is 10.6. The molecule has 0 aliphatic rings. The first-order valence-electron chi connectivity index (χ1n) is 6.31. The molecular formula is C15H13N3O3. The lowest BCUT2D eigenvalue weighted by Gasteiger charge is -2.06. The Balaban J connectivity index is 1.90. The van der Waals surface area contributed by atoms with Gasteiger partial charge in [0.25, 0.3) is 0 Å². The highest BCUT2D eigenvalue weighted by atomic mass is 16.5. The van der Waals surface area contributed by atoms with Crippen LogP contribution in [0.3, 0.4) is 0 Å². The number of aryl methyl sites for hydroxylation is 1. The average molecular weight is 283 g/mol. The van der Waals surface area contributed by atoms with Crippen molar-refractivity contribution in [3.05, 3.63) is 48.4 Å². The molecule has 0 amide bonds. The first-order valence-corrected chi connectivity index (χ1v) is 6.31. The molecule has 3 aromatic rings. The Bertz CT molecular complexity index is 794. The highest BCUT2D eigenvalue weighted by Gasteiger charge is 2.10. The molecule has 0 N–H and O–H groups in total. The third-order valence-corrected chi connectivity index (χ3v) is 3.10. The second-order valence-corrected chi connectivity index (χ2v) is 4.46. The van der Waals surface area contributed by atoms with E-state index in [0.29, 0.717) is 22.7 Å². The molecule has 6 nitrogen and oxygen atoms in total. The quantitative estimate of drug-likeness (QED) is 0.691. The van der Waals surface area contributed by atoms with Gasteiger partial charge in [0.1, 0.15) is 5.75 Å². The number of fused-ring (bicyclic) bond motifs is 1. The van der Waals surface area contributed by atoms with Gasteiger partial charge in [-0.25, -0.2) is 14.8 Å². The lowest BCUT2D eigenvalue weighted by atomic mass is 10.2. The molecule has 0 aliphatic heterocycles. The van der Waals surface area contributed by atoms with Crippen LogP contribution in [0.25, 0.3) is 11.0 Å². The molecule has 0 spiro atoms. The summed E-state index contributed by atoms with van der Waals surface area (Å²) in [6, 6.07) is 8.53. The molecule has 2 heterocycles. The van der Waals surface area contributed by atoms with Crippen LogP contribution in [-0.2, 0) is 11.8 Å². The van der Waals surface area contributed by atoms with Gasteiger partial charge in [-0.3, -0.25) is 0 Å². The predicted octanol–water partition coefficient (Wildman–Crippen LogP) is 2.55. The minimum absolute atomic E-state index is 0.383. The number of aromatic nitrogens is 3. The SMILES string of the molecule is COC(=O)c1ccc(Oc2nccc3c2ncn3C)cc1. The fraction of sp³-hybridized carbons (Fsp3) is 0.133. The number of hydrogen-bond donors (Lipinski definition) is 0. The lowest BCUT2D eigenvalue weighted by Crippen LogP contribution is -2.00. The van der Waals surface area contributed by atoms with Crippen LogP contribution in [0.2, 0.25) is 0 Å². The number of methoxy groups -OCH3 is 1. The van der Waals surface area contributed by atoms with Crippen molar-refractivity contribution < 1.29 is 14.3 Å². The maximum atomic E-state index is 11.4. The van der Waals surface area contributed by atoms with E-state index in [0.717, 1.165) is 5.52 Å². The van der Waals surface area contributed by atoms with Crippen LogP contribution in [0, 0.1) is 0 Å². The van der Waals surface area contributed by atoms with Gasteiger partial charge in [-0.2, -0.15) is 0 Å². The number of hydrogen-bond acceptors (Lipinski definition) is 5. The van der Waals surface area contributed by atoms with Crippen molar-refractivity contribution in [1.29, 1.82) is 0 Å². The van der Waals surface area contributed by atoms with Crippen molar-refractivity contribution in [3.8, 4) is 11.6 Å². The topological polar surface area (TPSA) is 66.2 Å². The van der Waals surface area contributed by atoms with Gasteiger partial charge in [0.05, 0.1) is 24.5 Å². The van der Waals surface area contributed by atoms with Gasteiger partial charge in [0.2, 0.25) is 5.88 Å². The Morgan fingerprint density at radius 3 is 2.62 bits per heavy atom. The van der Waals surface area contributed by atoms with E-state index >= 15 is 0 Å². The Morgan fingerprint density at radius 2 is 1.90 bits per heavy atom. The summed E-state index contributed by atoms with van der Waals surface area (Å²) in [5.41, 5.74) is 2.09. The largest absolute Gasteiger partial charge is 0.465 e. The summed E-state index contributed by atoms with van der Waals surface area (Å²) < 4.78 is 12.3.